The van der Waals surface area contributed by atoms with Crippen molar-refractivity contribution >= 4 is 16.8 Å². The Morgan fingerprint density at radius 2 is 2.00 bits per heavy atom. The van der Waals surface area contributed by atoms with Gasteiger partial charge in [-0.3, -0.25) is 4.79 Å². The first-order chi connectivity index (χ1) is 13.6. The van der Waals surface area contributed by atoms with Gasteiger partial charge in [0.25, 0.3) is 5.91 Å². The summed E-state index contributed by atoms with van der Waals surface area (Å²) in [6.07, 6.45) is 3.62. The number of hydrogen-bond donors (Lipinski definition) is 1. The van der Waals surface area contributed by atoms with Crippen molar-refractivity contribution in [2.24, 2.45) is 5.92 Å². The van der Waals surface area contributed by atoms with E-state index in [0.717, 1.165) is 23.0 Å². The molecule has 1 aromatic carbocycles. The van der Waals surface area contributed by atoms with Gasteiger partial charge >= 0.3 is 0 Å². The Morgan fingerprint density at radius 1 is 1.18 bits per heavy atom. The van der Waals surface area contributed by atoms with Crippen molar-refractivity contribution in [3.05, 3.63) is 59.9 Å². The summed E-state index contributed by atoms with van der Waals surface area (Å²) in [5.41, 5.74) is 2.59. The van der Waals surface area contributed by atoms with Crippen LogP contribution in [0.15, 0.2) is 48.8 Å². The molecule has 6 heteroatoms. The second-order valence-electron chi connectivity index (χ2n) is 7.10. The molecule has 0 fully saturated rings. The molecule has 6 nitrogen and oxygen atoms in total. The van der Waals surface area contributed by atoms with E-state index in [9.17, 15) is 4.79 Å². The van der Waals surface area contributed by atoms with E-state index < -0.39 is 0 Å². The molecule has 0 atom stereocenters. The van der Waals surface area contributed by atoms with Gasteiger partial charge in [0.1, 0.15) is 6.61 Å². The number of ether oxygens (including phenoxy) is 2. The molecule has 0 unspecified atom stereocenters. The van der Waals surface area contributed by atoms with E-state index in [0.29, 0.717) is 37.1 Å². The molecule has 2 aromatic heterocycles. The molecule has 1 N–H and O–H groups in total. The number of carbonyl (C=O) groups is 1. The summed E-state index contributed by atoms with van der Waals surface area (Å²) < 4.78 is 12.8. The molecule has 3 aromatic rings. The molecule has 0 bridgehead atoms. The van der Waals surface area contributed by atoms with Gasteiger partial charge in [-0.1, -0.05) is 38.1 Å². The topological polar surface area (TPSA) is 65.4 Å². The standard InChI is InChI=1S/C22H27N3O3/c1-16(2)14-25-15-19(18-8-4-5-9-20(18)25)21(26)24-13-17-7-6-10-23-22(17)28-12-11-27-3/h4-10,15-16H,11-14H2,1-3H3,(H,24,26). The van der Waals surface area contributed by atoms with Crippen LogP contribution in [0.5, 0.6) is 5.88 Å². The SMILES string of the molecule is COCCOc1ncccc1CNC(=O)c1cn(CC(C)C)c2ccccc12. The van der Waals surface area contributed by atoms with Crippen LogP contribution in [-0.4, -0.2) is 35.8 Å². The normalized spacial score (nSPS) is 11.1. The average molecular weight is 381 g/mol. The zero-order valence-electron chi connectivity index (χ0n) is 16.6. The van der Waals surface area contributed by atoms with Gasteiger partial charge in [-0.15, -0.1) is 0 Å². The van der Waals surface area contributed by atoms with Crippen molar-refractivity contribution in [2.45, 2.75) is 26.9 Å². The lowest BCUT2D eigenvalue weighted by Crippen LogP contribution is -2.23. The summed E-state index contributed by atoms with van der Waals surface area (Å²) in [6.45, 7) is 6.45. The number of hydrogen-bond acceptors (Lipinski definition) is 4. The number of carbonyl (C=O) groups excluding carboxylic acids is 1. The fraction of sp³-hybridized carbons (Fsp3) is 0.364. The van der Waals surface area contributed by atoms with Crippen molar-refractivity contribution < 1.29 is 14.3 Å². The van der Waals surface area contributed by atoms with Crippen LogP contribution in [0.4, 0.5) is 0 Å². The van der Waals surface area contributed by atoms with Crippen molar-refractivity contribution in [1.29, 1.82) is 0 Å². The van der Waals surface area contributed by atoms with Gasteiger partial charge in [-0.05, 0) is 18.1 Å². The zero-order valence-corrected chi connectivity index (χ0v) is 16.6. The van der Waals surface area contributed by atoms with Gasteiger partial charge < -0.3 is 19.4 Å². The fourth-order valence-electron chi connectivity index (χ4n) is 3.15. The average Bonchev–Trinajstić information content (AvgIpc) is 3.05. The Balaban J connectivity index is 1.76. The summed E-state index contributed by atoms with van der Waals surface area (Å²) in [4.78, 5) is 17.2. The second-order valence-corrected chi connectivity index (χ2v) is 7.10. The van der Waals surface area contributed by atoms with Crippen LogP contribution < -0.4 is 10.1 Å². The van der Waals surface area contributed by atoms with E-state index in [4.69, 9.17) is 9.47 Å². The maximum absolute atomic E-state index is 12.9. The van der Waals surface area contributed by atoms with Crippen LogP contribution in [0.3, 0.4) is 0 Å². The number of amides is 1. The van der Waals surface area contributed by atoms with E-state index in [1.807, 2.05) is 36.5 Å². The number of benzene rings is 1. The predicted molar refractivity (Wildman–Crippen MR) is 110 cm³/mol. The molecule has 148 valence electrons. The molecule has 0 saturated carbocycles. The van der Waals surface area contributed by atoms with Crippen LogP contribution in [0.1, 0.15) is 29.8 Å². The number of fused-ring (bicyclic) bond motifs is 1. The summed E-state index contributed by atoms with van der Waals surface area (Å²) in [5.74, 6) is 0.904. The maximum Gasteiger partial charge on any atom is 0.253 e. The smallest absolute Gasteiger partial charge is 0.253 e. The van der Waals surface area contributed by atoms with E-state index in [1.165, 1.54) is 0 Å². The van der Waals surface area contributed by atoms with Gasteiger partial charge in [0.15, 0.2) is 0 Å². The molecule has 28 heavy (non-hydrogen) atoms. The van der Waals surface area contributed by atoms with Gasteiger partial charge in [-0.2, -0.15) is 0 Å². The van der Waals surface area contributed by atoms with Crippen LogP contribution in [0.25, 0.3) is 10.9 Å². The van der Waals surface area contributed by atoms with E-state index in [-0.39, 0.29) is 5.91 Å². The third-order valence-electron chi connectivity index (χ3n) is 4.41. The zero-order chi connectivity index (χ0) is 19.9. The summed E-state index contributed by atoms with van der Waals surface area (Å²) in [7, 11) is 1.62. The highest BCUT2D eigenvalue weighted by Gasteiger charge is 2.16. The predicted octanol–water partition coefficient (Wildman–Crippen LogP) is 3.65. The molecule has 0 radical (unpaired) electrons. The molecule has 0 saturated heterocycles. The number of aromatic nitrogens is 2. The van der Waals surface area contributed by atoms with E-state index in [2.05, 4.69) is 34.8 Å². The Bertz CT molecular complexity index is 934. The molecule has 0 spiro atoms. The Labute approximate surface area is 165 Å². The minimum Gasteiger partial charge on any atom is -0.475 e. The summed E-state index contributed by atoms with van der Waals surface area (Å²) in [5, 5.41) is 3.96. The first-order valence-corrected chi connectivity index (χ1v) is 9.52. The first kappa shape index (κ1) is 19.9. The third-order valence-corrected chi connectivity index (χ3v) is 4.41. The highest BCUT2D eigenvalue weighted by molar-refractivity contribution is 6.07. The minimum absolute atomic E-state index is 0.106. The Morgan fingerprint density at radius 3 is 2.79 bits per heavy atom. The Kier molecular flexibility index (Phi) is 6.66. The molecular weight excluding hydrogens is 354 g/mol. The largest absolute Gasteiger partial charge is 0.475 e. The monoisotopic (exact) mass is 381 g/mol. The number of nitrogens with one attached hydrogen (secondary N) is 1. The highest BCUT2D eigenvalue weighted by Crippen LogP contribution is 2.23. The summed E-state index contributed by atoms with van der Waals surface area (Å²) >= 11 is 0. The lowest BCUT2D eigenvalue weighted by atomic mass is 10.1. The summed E-state index contributed by atoms with van der Waals surface area (Å²) in [6, 6.07) is 11.7. The van der Waals surface area contributed by atoms with Gasteiger partial charge in [0.05, 0.1) is 12.2 Å². The molecule has 0 aliphatic carbocycles. The molecular formula is C22H27N3O3. The van der Waals surface area contributed by atoms with Crippen LogP contribution in [-0.2, 0) is 17.8 Å². The van der Waals surface area contributed by atoms with E-state index in [1.54, 1.807) is 13.3 Å². The second kappa shape index (κ2) is 9.37. The number of rotatable bonds is 9. The molecule has 0 aliphatic heterocycles. The lowest BCUT2D eigenvalue weighted by Gasteiger charge is -2.10. The number of para-hydroxylation sites is 1. The highest BCUT2D eigenvalue weighted by atomic mass is 16.5. The lowest BCUT2D eigenvalue weighted by molar-refractivity contribution is 0.0951. The molecule has 3 rings (SSSR count). The molecule has 1 amide bonds. The van der Waals surface area contributed by atoms with Crippen molar-refractivity contribution in [3.8, 4) is 5.88 Å². The number of methoxy groups -OCH3 is 1. The van der Waals surface area contributed by atoms with Crippen LogP contribution in [0, 0.1) is 5.92 Å². The maximum atomic E-state index is 12.9. The third kappa shape index (κ3) is 4.70. The van der Waals surface area contributed by atoms with Crippen molar-refractivity contribution in [1.82, 2.24) is 14.9 Å². The number of nitrogens with zero attached hydrogens (tertiary/aromatic N) is 2. The van der Waals surface area contributed by atoms with Crippen molar-refractivity contribution in [2.75, 3.05) is 20.3 Å². The van der Waals surface area contributed by atoms with Crippen molar-refractivity contribution in [3.63, 3.8) is 0 Å². The van der Waals surface area contributed by atoms with Gasteiger partial charge in [-0.25, -0.2) is 4.98 Å². The molecule has 2 heterocycles. The van der Waals surface area contributed by atoms with E-state index >= 15 is 0 Å². The quantitative estimate of drug-likeness (QED) is 0.575. The fourth-order valence-corrected chi connectivity index (χ4v) is 3.15. The van der Waals surface area contributed by atoms with Gasteiger partial charge in [0.2, 0.25) is 5.88 Å². The Hall–Kier alpha value is -2.86. The van der Waals surface area contributed by atoms with Crippen LogP contribution in [0.2, 0.25) is 0 Å². The number of pyridine rings is 1. The van der Waals surface area contributed by atoms with Crippen LogP contribution >= 0.6 is 0 Å². The minimum atomic E-state index is -0.106. The first-order valence-electron chi connectivity index (χ1n) is 9.52. The molecule has 0 aliphatic rings. The van der Waals surface area contributed by atoms with Gasteiger partial charge in [0, 0.05) is 49.1 Å².